The van der Waals surface area contributed by atoms with E-state index in [1.54, 1.807) is 29.2 Å². The molecule has 1 aliphatic carbocycles. The van der Waals surface area contributed by atoms with Crippen LogP contribution >= 0.6 is 43.5 Å². The standard InChI is InChI=1S/C35H37Br2ClN4O4/c36-27-16-25-6-5-24-17-28(38)18-29(37)33(24)34(35(25)39-20-27)23-9-13-41(14-10-23)31(44)15-22-7-11-42(12-8-22)32(45)21-46-40-19-26-3-1-2-4-30(26)43/h1-4,16-20,22-23,34,43H,5-15,21H2/t34-/m1/s1. The Balaban J connectivity index is 1.00. The Morgan fingerprint density at radius 2 is 1.67 bits per heavy atom. The smallest absolute Gasteiger partial charge is 0.263 e. The molecule has 46 heavy (non-hydrogen) atoms. The van der Waals surface area contributed by atoms with Gasteiger partial charge in [-0.2, -0.15) is 0 Å². The van der Waals surface area contributed by atoms with Gasteiger partial charge in [-0.25, -0.2) is 0 Å². The number of para-hydroxylation sites is 1. The maximum Gasteiger partial charge on any atom is 0.263 e. The van der Waals surface area contributed by atoms with E-state index in [1.807, 2.05) is 17.2 Å². The van der Waals surface area contributed by atoms with E-state index in [9.17, 15) is 14.7 Å². The highest BCUT2D eigenvalue weighted by atomic mass is 79.9. The molecule has 2 aliphatic heterocycles. The number of aromatic nitrogens is 1. The van der Waals surface area contributed by atoms with Crippen molar-refractivity contribution in [1.29, 1.82) is 0 Å². The van der Waals surface area contributed by atoms with Gasteiger partial charge in [-0.1, -0.05) is 44.8 Å². The van der Waals surface area contributed by atoms with Crippen LogP contribution in [0.4, 0.5) is 0 Å². The number of rotatable bonds is 7. The summed E-state index contributed by atoms with van der Waals surface area (Å²) in [5.74, 6) is 0.957. The maximum absolute atomic E-state index is 13.4. The Morgan fingerprint density at radius 3 is 2.43 bits per heavy atom. The zero-order valence-electron chi connectivity index (χ0n) is 25.5. The lowest BCUT2D eigenvalue weighted by Gasteiger charge is -2.38. The summed E-state index contributed by atoms with van der Waals surface area (Å²) >= 11 is 13.9. The number of benzene rings is 2. The molecule has 8 nitrogen and oxygen atoms in total. The zero-order valence-corrected chi connectivity index (χ0v) is 29.4. The van der Waals surface area contributed by atoms with Crippen molar-refractivity contribution in [3.05, 3.63) is 90.6 Å². The van der Waals surface area contributed by atoms with E-state index in [-0.39, 0.29) is 36.0 Å². The number of amides is 2. The van der Waals surface area contributed by atoms with Gasteiger partial charge in [0, 0.05) is 64.2 Å². The number of halogens is 3. The number of carbonyl (C=O) groups excluding carboxylic acids is 2. The van der Waals surface area contributed by atoms with Crippen molar-refractivity contribution in [1.82, 2.24) is 14.8 Å². The number of likely N-dealkylation sites (tertiary alicyclic amines) is 2. The third-order valence-electron chi connectivity index (χ3n) is 9.60. The van der Waals surface area contributed by atoms with Crippen LogP contribution in [0.15, 0.2) is 62.8 Å². The fraction of sp³-hybridized carbons (Fsp3) is 0.429. The summed E-state index contributed by atoms with van der Waals surface area (Å²) in [4.78, 5) is 40.0. The summed E-state index contributed by atoms with van der Waals surface area (Å²) in [6.07, 6.45) is 9.07. The van der Waals surface area contributed by atoms with Crippen molar-refractivity contribution < 1.29 is 19.5 Å². The number of aromatic hydroxyl groups is 1. The number of nitrogens with zero attached hydrogens (tertiary/aromatic N) is 4. The Hall–Kier alpha value is -2.95. The monoisotopic (exact) mass is 770 g/mol. The minimum absolute atomic E-state index is 0.100. The minimum Gasteiger partial charge on any atom is -0.507 e. The van der Waals surface area contributed by atoms with E-state index in [4.69, 9.17) is 21.4 Å². The minimum atomic E-state index is -0.158. The molecule has 0 spiro atoms. The summed E-state index contributed by atoms with van der Waals surface area (Å²) in [6, 6.07) is 13.1. The molecule has 0 bridgehead atoms. The van der Waals surface area contributed by atoms with Crippen LogP contribution in [0.2, 0.25) is 5.02 Å². The van der Waals surface area contributed by atoms with Gasteiger partial charge in [0.25, 0.3) is 5.91 Å². The third-order valence-corrected chi connectivity index (χ3v) is 10.9. The molecule has 3 aliphatic rings. The largest absolute Gasteiger partial charge is 0.507 e. The summed E-state index contributed by atoms with van der Waals surface area (Å²) < 4.78 is 2.03. The molecule has 1 N–H and O–H groups in total. The average Bonchev–Trinajstić information content (AvgIpc) is 3.21. The Morgan fingerprint density at radius 1 is 0.978 bits per heavy atom. The van der Waals surface area contributed by atoms with Crippen LogP contribution in [0.3, 0.4) is 0 Å². The van der Waals surface area contributed by atoms with Crippen LogP contribution in [-0.4, -0.2) is 70.7 Å². The van der Waals surface area contributed by atoms with Gasteiger partial charge < -0.3 is 19.7 Å². The lowest BCUT2D eigenvalue weighted by molar-refractivity contribution is -0.138. The highest BCUT2D eigenvalue weighted by Crippen LogP contribution is 2.46. The van der Waals surface area contributed by atoms with Gasteiger partial charge in [-0.3, -0.25) is 14.6 Å². The fourth-order valence-corrected chi connectivity index (χ4v) is 8.65. The number of oxime groups is 1. The lowest BCUT2D eigenvalue weighted by atomic mass is 9.76. The lowest BCUT2D eigenvalue weighted by Crippen LogP contribution is -2.43. The van der Waals surface area contributed by atoms with Gasteiger partial charge in [0.05, 0.1) is 11.9 Å². The summed E-state index contributed by atoms with van der Waals surface area (Å²) in [5.41, 5.74) is 5.50. The van der Waals surface area contributed by atoms with Gasteiger partial charge in [0.1, 0.15) is 5.75 Å². The Labute approximate surface area is 291 Å². The van der Waals surface area contributed by atoms with Crippen molar-refractivity contribution in [2.75, 3.05) is 32.8 Å². The van der Waals surface area contributed by atoms with Gasteiger partial charge in [0.2, 0.25) is 5.91 Å². The van der Waals surface area contributed by atoms with Crippen LogP contribution in [0, 0.1) is 11.8 Å². The van der Waals surface area contributed by atoms with E-state index < -0.39 is 0 Å². The first-order chi connectivity index (χ1) is 22.3. The van der Waals surface area contributed by atoms with Crippen LogP contribution in [0.25, 0.3) is 0 Å². The highest BCUT2D eigenvalue weighted by Gasteiger charge is 2.37. The first kappa shape index (κ1) is 33.0. The highest BCUT2D eigenvalue weighted by molar-refractivity contribution is 9.10. The molecule has 3 aromatic rings. The number of phenols is 1. The number of piperidine rings is 2. The molecular weight excluding hydrogens is 736 g/mol. The summed E-state index contributed by atoms with van der Waals surface area (Å²) in [7, 11) is 0. The van der Waals surface area contributed by atoms with Crippen LogP contribution in [0.1, 0.15) is 66.0 Å². The molecule has 0 unspecified atom stereocenters. The number of fused-ring (bicyclic) bond motifs is 2. The van der Waals surface area contributed by atoms with Crippen molar-refractivity contribution in [2.24, 2.45) is 17.0 Å². The van der Waals surface area contributed by atoms with E-state index in [0.29, 0.717) is 31.0 Å². The molecule has 1 aromatic heterocycles. The molecule has 2 amide bonds. The van der Waals surface area contributed by atoms with Gasteiger partial charge in [-0.15, -0.1) is 0 Å². The molecule has 1 atom stereocenters. The van der Waals surface area contributed by atoms with Crippen molar-refractivity contribution >= 4 is 61.5 Å². The molecule has 242 valence electrons. The molecule has 0 saturated carbocycles. The second kappa shape index (κ2) is 14.9. The number of hydrogen-bond acceptors (Lipinski definition) is 6. The van der Waals surface area contributed by atoms with Crippen molar-refractivity contribution in [3.63, 3.8) is 0 Å². The van der Waals surface area contributed by atoms with Crippen LogP contribution in [-0.2, 0) is 27.3 Å². The molecule has 2 aromatic carbocycles. The molecule has 6 rings (SSSR count). The molecular formula is C35H37Br2ClN4O4. The topological polar surface area (TPSA) is 95.3 Å². The van der Waals surface area contributed by atoms with Crippen LogP contribution < -0.4 is 0 Å². The van der Waals surface area contributed by atoms with E-state index in [1.165, 1.54) is 22.9 Å². The molecule has 2 saturated heterocycles. The van der Waals surface area contributed by atoms with Crippen molar-refractivity contribution in [3.8, 4) is 5.75 Å². The average molecular weight is 773 g/mol. The zero-order chi connectivity index (χ0) is 32.2. The quantitative estimate of drug-likeness (QED) is 0.204. The SMILES string of the molecule is O=C(CON=Cc1ccccc1O)N1CCC(CC(=O)N2CCC([C@H]3c4ncc(Br)cc4CCc4cc(Cl)cc(Br)c43)CC2)CC1. The maximum atomic E-state index is 13.4. The van der Waals surface area contributed by atoms with Crippen LogP contribution in [0.5, 0.6) is 5.75 Å². The van der Waals surface area contributed by atoms with Gasteiger partial charge in [-0.05, 0) is 113 Å². The summed E-state index contributed by atoms with van der Waals surface area (Å²) in [6.45, 7) is 2.53. The van der Waals surface area contributed by atoms with E-state index in [2.05, 4.69) is 49.1 Å². The van der Waals surface area contributed by atoms with E-state index >= 15 is 0 Å². The van der Waals surface area contributed by atoms with Gasteiger partial charge >= 0.3 is 0 Å². The molecule has 0 radical (unpaired) electrons. The first-order valence-corrected chi connectivity index (χ1v) is 17.8. The fourth-order valence-electron chi connectivity index (χ4n) is 7.15. The first-order valence-electron chi connectivity index (χ1n) is 15.9. The predicted octanol–water partition coefficient (Wildman–Crippen LogP) is 7.11. The Bertz CT molecular complexity index is 1620. The number of hydrogen-bond donors (Lipinski definition) is 1. The number of phenolic OH excluding ortho intramolecular Hbond substituents is 1. The molecule has 11 heteroatoms. The molecule has 3 heterocycles. The van der Waals surface area contributed by atoms with Crippen molar-refractivity contribution in [2.45, 2.75) is 50.9 Å². The predicted molar refractivity (Wildman–Crippen MR) is 185 cm³/mol. The summed E-state index contributed by atoms with van der Waals surface area (Å²) in [5, 5.41) is 14.4. The number of carbonyl (C=O) groups is 2. The second-order valence-corrected chi connectivity index (χ2v) is 14.7. The molecule has 2 fully saturated rings. The normalized spacial score (nSPS) is 19.1. The third kappa shape index (κ3) is 7.60. The number of pyridine rings is 1. The number of aryl methyl sites for hydroxylation is 2. The van der Waals surface area contributed by atoms with Gasteiger partial charge in [0.15, 0.2) is 6.61 Å². The second-order valence-electron chi connectivity index (χ2n) is 12.4. The van der Waals surface area contributed by atoms with E-state index in [0.717, 1.165) is 71.3 Å². The Kier molecular flexibility index (Phi) is 10.7.